The largest absolute Gasteiger partial charge is 0.387 e. The fraction of sp³-hybridized carbons (Fsp3) is 0.560. The minimum absolute atomic E-state index is 0.123. The van der Waals surface area contributed by atoms with Gasteiger partial charge in [-0.05, 0) is 30.0 Å². The molecule has 8 nitrogen and oxygen atoms in total. The number of hydrogen-bond acceptors (Lipinski definition) is 7. The smallest absolute Gasteiger partial charge is 0.244 e. The Bertz CT molecular complexity index is 1080. The minimum Gasteiger partial charge on any atom is -0.387 e. The van der Waals surface area contributed by atoms with Gasteiger partial charge < -0.3 is 19.6 Å². The Morgan fingerprint density at radius 1 is 1.20 bits per heavy atom. The number of aliphatic hydroxyl groups is 1. The van der Waals surface area contributed by atoms with Gasteiger partial charge in [0.05, 0.1) is 17.9 Å². The number of aliphatic hydroxyl groups excluding tert-OH is 1. The number of ether oxygens (including phenoxy) is 1. The molecule has 2 aromatic rings. The van der Waals surface area contributed by atoms with Crippen molar-refractivity contribution in [3.8, 4) is 0 Å². The number of methoxy groups -OCH3 is 1. The summed E-state index contributed by atoms with van der Waals surface area (Å²) in [4.78, 5) is 29.4. The molecule has 3 heterocycles. The Hall–Kier alpha value is -1.53. The third-order valence-electron chi connectivity index (χ3n) is 7.48. The van der Waals surface area contributed by atoms with Crippen molar-refractivity contribution in [2.45, 2.75) is 34.9 Å². The number of anilines is 1. The molecule has 0 radical (unpaired) electrons. The van der Waals surface area contributed by atoms with Crippen LogP contribution in [0.4, 0.5) is 5.82 Å². The van der Waals surface area contributed by atoms with Gasteiger partial charge in [0.25, 0.3) is 0 Å². The molecule has 3 aliphatic rings. The van der Waals surface area contributed by atoms with E-state index in [0.29, 0.717) is 44.2 Å². The maximum absolute atomic E-state index is 14.0. The molecule has 1 aliphatic carbocycles. The molecule has 35 heavy (non-hydrogen) atoms. The Morgan fingerprint density at radius 2 is 1.89 bits per heavy atom. The van der Waals surface area contributed by atoms with Crippen molar-refractivity contribution in [1.29, 1.82) is 0 Å². The van der Waals surface area contributed by atoms with E-state index < -0.39 is 9.53 Å². The van der Waals surface area contributed by atoms with Crippen LogP contribution in [-0.2, 0) is 13.0 Å². The monoisotopic (exact) mass is 611 g/mol. The molecule has 188 valence electrons. The second-order valence-corrected chi connectivity index (χ2v) is 12.1. The predicted octanol–water partition coefficient (Wildman–Crippen LogP) is 2.98. The fourth-order valence-electron chi connectivity index (χ4n) is 5.43. The third kappa shape index (κ3) is 4.77. The van der Waals surface area contributed by atoms with Crippen molar-refractivity contribution in [3.63, 3.8) is 0 Å². The van der Waals surface area contributed by atoms with E-state index in [1.54, 1.807) is 13.4 Å². The van der Waals surface area contributed by atoms with Gasteiger partial charge in [-0.1, -0.05) is 53.2 Å². The average molecular weight is 612 g/mol. The standard InChI is InChI=1S/C25H31ClIN5O3/c1-16-11-20(33)22-21(16)23(29-15-28-22)31-7-9-32(10-8-31)24(34)25(27,14-30-12-19(13-30)35-2)17-3-5-18(26)6-4-17/h3-6,15-16,19-20,33H,7-14H2,1-2H3/t16-,20-,25?/m1/s1. The van der Waals surface area contributed by atoms with Crippen LogP contribution in [0, 0.1) is 0 Å². The van der Waals surface area contributed by atoms with Crippen molar-refractivity contribution in [3.05, 3.63) is 52.4 Å². The summed E-state index contributed by atoms with van der Waals surface area (Å²) in [5.74, 6) is 1.24. The van der Waals surface area contributed by atoms with Crippen LogP contribution in [0.25, 0.3) is 0 Å². The zero-order valence-electron chi connectivity index (χ0n) is 20.0. The molecular formula is C25H31ClIN5O3. The van der Waals surface area contributed by atoms with Crippen molar-refractivity contribution in [2.24, 2.45) is 0 Å². The number of aromatic nitrogens is 2. The minimum atomic E-state index is -0.710. The highest BCUT2D eigenvalue weighted by atomic mass is 127. The molecule has 0 bridgehead atoms. The van der Waals surface area contributed by atoms with Crippen molar-refractivity contribution in [2.75, 3.05) is 57.8 Å². The van der Waals surface area contributed by atoms with Gasteiger partial charge in [-0.3, -0.25) is 9.69 Å². The van der Waals surface area contributed by atoms with E-state index in [-0.39, 0.29) is 17.9 Å². The fourth-order valence-corrected chi connectivity index (χ4v) is 6.74. The SMILES string of the molecule is COC1CN(CC(I)(C(=O)N2CCN(c3ncnc4c3[C@H](C)C[C@H]4O)CC2)c2ccc(Cl)cc2)C1. The first-order valence-corrected chi connectivity index (χ1v) is 13.5. The molecule has 2 aliphatic heterocycles. The predicted molar refractivity (Wildman–Crippen MR) is 143 cm³/mol. The lowest BCUT2D eigenvalue weighted by Crippen LogP contribution is -2.60. The average Bonchev–Trinajstić information content (AvgIpc) is 3.14. The number of hydrogen-bond donors (Lipinski definition) is 1. The maximum atomic E-state index is 14.0. The second-order valence-electron chi connectivity index (χ2n) is 9.79. The Labute approximate surface area is 224 Å². The van der Waals surface area contributed by atoms with E-state index >= 15 is 0 Å². The molecule has 1 aromatic carbocycles. The van der Waals surface area contributed by atoms with Crippen molar-refractivity contribution < 1.29 is 14.6 Å². The summed E-state index contributed by atoms with van der Waals surface area (Å²) in [5, 5.41) is 11.0. The molecule has 2 saturated heterocycles. The zero-order valence-corrected chi connectivity index (χ0v) is 22.9. The number of carbonyl (C=O) groups is 1. The van der Waals surface area contributed by atoms with E-state index in [9.17, 15) is 9.90 Å². The lowest BCUT2D eigenvalue weighted by molar-refractivity contribution is -0.135. The number of carbonyl (C=O) groups excluding carboxylic acids is 1. The highest BCUT2D eigenvalue weighted by molar-refractivity contribution is 14.1. The van der Waals surface area contributed by atoms with Crippen LogP contribution in [0.5, 0.6) is 0 Å². The first-order valence-electron chi connectivity index (χ1n) is 12.1. The number of nitrogens with zero attached hydrogens (tertiary/aromatic N) is 5. The third-order valence-corrected chi connectivity index (χ3v) is 9.16. The topological polar surface area (TPSA) is 82.0 Å². The summed E-state index contributed by atoms with van der Waals surface area (Å²) in [5.41, 5.74) is 2.76. The number of fused-ring (bicyclic) bond motifs is 1. The lowest BCUT2D eigenvalue weighted by atomic mass is 9.94. The van der Waals surface area contributed by atoms with Gasteiger partial charge in [-0.25, -0.2) is 9.97 Å². The van der Waals surface area contributed by atoms with Crippen molar-refractivity contribution in [1.82, 2.24) is 19.8 Å². The van der Waals surface area contributed by atoms with Gasteiger partial charge in [0.2, 0.25) is 5.91 Å². The summed E-state index contributed by atoms with van der Waals surface area (Å²) in [7, 11) is 1.73. The zero-order chi connectivity index (χ0) is 24.7. The molecule has 3 atom stereocenters. The van der Waals surface area contributed by atoms with E-state index in [1.165, 1.54) is 0 Å². The molecule has 1 unspecified atom stereocenters. The molecule has 5 rings (SSSR count). The van der Waals surface area contributed by atoms with E-state index in [1.807, 2.05) is 29.2 Å². The number of halogens is 2. The highest BCUT2D eigenvalue weighted by Gasteiger charge is 2.45. The van der Waals surface area contributed by atoms with Crippen LogP contribution < -0.4 is 4.90 Å². The number of piperazine rings is 1. The van der Waals surface area contributed by atoms with Crippen LogP contribution in [0.1, 0.15) is 42.2 Å². The molecule has 1 N–H and O–H groups in total. The number of amides is 1. The molecule has 1 aromatic heterocycles. The first kappa shape index (κ1) is 25.1. The number of alkyl halides is 1. The normalized spacial score (nSPS) is 24.7. The summed E-state index contributed by atoms with van der Waals surface area (Å²) in [6.45, 7) is 7.03. The van der Waals surface area contributed by atoms with Gasteiger partial charge in [0.15, 0.2) is 0 Å². The molecule has 2 fully saturated rings. The van der Waals surface area contributed by atoms with Gasteiger partial charge in [0, 0.05) is 63.5 Å². The van der Waals surface area contributed by atoms with Crippen LogP contribution in [0.2, 0.25) is 5.02 Å². The van der Waals surface area contributed by atoms with Gasteiger partial charge in [-0.2, -0.15) is 0 Å². The van der Waals surface area contributed by atoms with Crippen LogP contribution in [0.15, 0.2) is 30.6 Å². The maximum Gasteiger partial charge on any atom is 0.244 e. The second kappa shape index (κ2) is 10.1. The number of likely N-dealkylation sites (tertiary alicyclic amines) is 1. The summed E-state index contributed by atoms with van der Waals surface area (Å²) in [6.07, 6.45) is 1.93. The molecule has 10 heteroatoms. The molecule has 0 saturated carbocycles. The summed E-state index contributed by atoms with van der Waals surface area (Å²) in [6, 6.07) is 7.64. The van der Waals surface area contributed by atoms with Gasteiger partial charge >= 0.3 is 0 Å². The van der Waals surface area contributed by atoms with E-state index in [0.717, 1.165) is 35.7 Å². The summed E-state index contributed by atoms with van der Waals surface area (Å²) < 4.78 is 4.73. The molecule has 1 amide bonds. The Morgan fingerprint density at radius 3 is 2.54 bits per heavy atom. The summed E-state index contributed by atoms with van der Waals surface area (Å²) >= 11 is 8.49. The number of rotatable bonds is 6. The highest BCUT2D eigenvalue weighted by Crippen LogP contribution is 2.43. The van der Waals surface area contributed by atoms with E-state index in [4.69, 9.17) is 16.3 Å². The molecule has 0 spiro atoms. The lowest BCUT2D eigenvalue weighted by Gasteiger charge is -2.45. The first-order chi connectivity index (χ1) is 16.8. The van der Waals surface area contributed by atoms with Crippen LogP contribution >= 0.6 is 34.2 Å². The Balaban J connectivity index is 1.32. The van der Waals surface area contributed by atoms with Gasteiger partial charge in [0.1, 0.15) is 15.6 Å². The van der Waals surface area contributed by atoms with E-state index in [2.05, 4.69) is 49.3 Å². The van der Waals surface area contributed by atoms with Gasteiger partial charge in [-0.15, -0.1) is 0 Å². The quantitative estimate of drug-likeness (QED) is 0.397. The van der Waals surface area contributed by atoms with Crippen LogP contribution in [-0.4, -0.2) is 89.8 Å². The number of benzene rings is 1. The molecular weight excluding hydrogens is 581 g/mol. The Kier molecular flexibility index (Phi) is 7.24. The van der Waals surface area contributed by atoms with Crippen LogP contribution in [0.3, 0.4) is 0 Å². The van der Waals surface area contributed by atoms with Crippen molar-refractivity contribution >= 4 is 45.9 Å².